The lowest BCUT2D eigenvalue weighted by atomic mass is 10.0. The van der Waals surface area contributed by atoms with E-state index in [1.807, 2.05) is 12.1 Å². The van der Waals surface area contributed by atoms with Crippen molar-refractivity contribution in [3.63, 3.8) is 0 Å². The van der Waals surface area contributed by atoms with Crippen molar-refractivity contribution in [2.24, 2.45) is 0 Å². The van der Waals surface area contributed by atoms with E-state index in [-0.39, 0.29) is 5.78 Å². The minimum Gasteiger partial charge on any atom is -0.294 e. The number of carbonyl (C=O) groups is 1. The molecule has 1 heterocycles. The topological polar surface area (TPSA) is 34.9 Å². The van der Waals surface area contributed by atoms with Gasteiger partial charge in [-0.15, -0.1) is 0 Å². The molecule has 104 valence electrons. The van der Waals surface area contributed by atoms with Crippen LogP contribution in [0.1, 0.15) is 22.3 Å². The number of fused-ring (bicyclic) bond motifs is 1. The molecule has 2 aromatic rings. The first-order valence-electron chi connectivity index (χ1n) is 6.18. The average Bonchev–Trinajstić information content (AvgIpc) is 2.95. The molecule has 6 heteroatoms. The van der Waals surface area contributed by atoms with E-state index < -0.39 is 12.7 Å². The van der Waals surface area contributed by atoms with E-state index in [0.717, 1.165) is 16.7 Å². The second-order valence-corrected chi connectivity index (χ2v) is 4.84. The number of ketones is 1. The fraction of sp³-hybridized carbons (Fsp3) is 0.286. The summed E-state index contributed by atoms with van der Waals surface area (Å²) in [7, 11) is 0. The number of Topliss-reactive ketones (excluding diaryl/α,β-unsaturated/α-hetero) is 1. The summed E-state index contributed by atoms with van der Waals surface area (Å²) < 4.78 is 37.7. The summed E-state index contributed by atoms with van der Waals surface area (Å²) in [6, 6.07) is 5.41. The molecule has 1 aliphatic rings. The molecule has 0 saturated carbocycles. The first-order valence-corrected chi connectivity index (χ1v) is 6.18. The second-order valence-electron chi connectivity index (χ2n) is 4.84. The van der Waals surface area contributed by atoms with Gasteiger partial charge in [0.15, 0.2) is 5.78 Å². The van der Waals surface area contributed by atoms with E-state index in [2.05, 4.69) is 5.10 Å². The van der Waals surface area contributed by atoms with Crippen LogP contribution in [0.2, 0.25) is 0 Å². The highest BCUT2D eigenvalue weighted by Gasteiger charge is 2.28. The minimum absolute atomic E-state index is 0.0875. The van der Waals surface area contributed by atoms with Crippen molar-refractivity contribution in [1.82, 2.24) is 9.78 Å². The molecular formula is C14H11F3N2O. The molecule has 0 unspecified atom stereocenters. The van der Waals surface area contributed by atoms with E-state index >= 15 is 0 Å². The Morgan fingerprint density at radius 3 is 2.75 bits per heavy atom. The van der Waals surface area contributed by atoms with Crippen LogP contribution in [-0.2, 0) is 13.0 Å². The van der Waals surface area contributed by atoms with E-state index in [0.29, 0.717) is 23.1 Å². The Morgan fingerprint density at radius 1 is 1.20 bits per heavy atom. The van der Waals surface area contributed by atoms with E-state index in [4.69, 9.17) is 0 Å². The minimum atomic E-state index is -4.29. The molecule has 3 rings (SSSR count). The molecule has 20 heavy (non-hydrogen) atoms. The van der Waals surface area contributed by atoms with Crippen LogP contribution in [0, 0.1) is 0 Å². The summed E-state index contributed by atoms with van der Waals surface area (Å²) in [5.74, 6) is 0.0875. The standard InChI is InChI=1S/C14H11F3N2O/c15-14(16,17)8-19-7-11(6-18-19)10-2-1-9-3-4-13(20)12(9)5-10/h1-2,5-7H,3-4,8H2. The summed E-state index contributed by atoms with van der Waals surface area (Å²) in [6.07, 6.45) is -0.327. The summed E-state index contributed by atoms with van der Waals surface area (Å²) >= 11 is 0. The molecular weight excluding hydrogens is 269 g/mol. The first kappa shape index (κ1) is 12.9. The molecule has 1 aliphatic carbocycles. The molecule has 3 nitrogen and oxygen atoms in total. The number of aryl methyl sites for hydroxylation is 1. The van der Waals surface area contributed by atoms with Gasteiger partial charge >= 0.3 is 6.18 Å². The number of benzene rings is 1. The van der Waals surface area contributed by atoms with Crippen LogP contribution in [0.25, 0.3) is 11.1 Å². The van der Waals surface area contributed by atoms with Crippen LogP contribution >= 0.6 is 0 Å². The van der Waals surface area contributed by atoms with Gasteiger partial charge in [-0.2, -0.15) is 18.3 Å². The summed E-state index contributed by atoms with van der Waals surface area (Å²) in [5, 5.41) is 3.70. The maximum absolute atomic E-state index is 12.3. The monoisotopic (exact) mass is 280 g/mol. The molecule has 0 N–H and O–H groups in total. The van der Waals surface area contributed by atoms with Gasteiger partial charge in [-0.25, -0.2) is 0 Å². The van der Waals surface area contributed by atoms with Gasteiger partial charge < -0.3 is 0 Å². The fourth-order valence-corrected chi connectivity index (χ4v) is 2.40. The van der Waals surface area contributed by atoms with Gasteiger partial charge in [0.05, 0.1) is 6.20 Å². The Hall–Kier alpha value is -2.11. The molecule has 1 aromatic carbocycles. The molecule has 0 spiro atoms. The van der Waals surface area contributed by atoms with Crippen LogP contribution < -0.4 is 0 Å². The zero-order chi connectivity index (χ0) is 14.3. The van der Waals surface area contributed by atoms with Crippen molar-refractivity contribution in [1.29, 1.82) is 0 Å². The molecule has 0 bridgehead atoms. The van der Waals surface area contributed by atoms with Crippen LogP contribution in [0.5, 0.6) is 0 Å². The number of carbonyl (C=O) groups excluding carboxylic acids is 1. The van der Waals surface area contributed by atoms with Gasteiger partial charge in [0.2, 0.25) is 0 Å². The van der Waals surface area contributed by atoms with E-state index in [1.165, 1.54) is 12.4 Å². The Labute approximate surface area is 113 Å². The largest absolute Gasteiger partial charge is 0.408 e. The van der Waals surface area contributed by atoms with Gasteiger partial charge in [-0.1, -0.05) is 12.1 Å². The lowest BCUT2D eigenvalue weighted by Crippen LogP contribution is -2.17. The summed E-state index contributed by atoms with van der Waals surface area (Å²) in [4.78, 5) is 11.7. The summed E-state index contributed by atoms with van der Waals surface area (Å²) in [5.41, 5.74) is 2.97. The average molecular weight is 280 g/mol. The highest BCUT2D eigenvalue weighted by molar-refractivity contribution is 6.01. The lowest BCUT2D eigenvalue weighted by molar-refractivity contribution is -0.142. The number of hydrogen-bond donors (Lipinski definition) is 0. The zero-order valence-corrected chi connectivity index (χ0v) is 10.4. The number of nitrogens with zero attached hydrogens (tertiary/aromatic N) is 2. The number of halogens is 3. The maximum atomic E-state index is 12.3. The third kappa shape index (κ3) is 2.45. The number of alkyl halides is 3. The molecule has 0 saturated heterocycles. The van der Waals surface area contributed by atoms with Gasteiger partial charge in [0.1, 0.15) is 6.54 Å². The van der Waals surface area contributed by atoms with Gasteiger partial charge in [0.25, 0.3) is 0 Å². The van der Waals surface area contributed by atoms with Gasteiger partial charge in [-0.05, 0) is 23.6 Å². The SMILES string of the molecule is O=C1CCc2ccc(-c3cnn(CC(F)(F)F)c3)cc21. The molecule has 0 aliphatic heterocycles. The molecule has 1 aromatic heterocycles. The van der Waals surface area contributed by atoms with Gasteiger partial charge in [-0.3, -0.25) is 9.48 Å². The van der Waals surface area contributed by atoms with E-state index in [9.17, 15) is 18.0 Å². The number of aromatic nitrogens is 2. The van der Waals surface area contributed by atoms with Crippen LogP contribution in [0.15, 0.2) is 30.6 Å². The Balaban J connectivity index is 1.91. The third-order valence-corrected chi connectivity index (χ3v) is 3.34. The number of rotatable bonds is 2. The highest BCUT2D eigenvalue weighted by Crippen LogP contribution is 2.28. The molecule has 0 fully saturated rings. The van der Waals surface area contributed by atoms with Crippen molar-refractivity contribution >= 4 is 5.78 Å². The second kappa shape index (κ2) is 4.47. The zero-order valence-electron chi connectivity index (χ0n) is 10.4. The highest BCUT2D eigenvalue weighted by atomic mass is 19.4. The van der Waals surface area contributed by atoms with Crippen molar-refractivity contribution in [2.75, 3.05) is 0 Å². The molecule has 0 atom stereocenters. The van der Waals surface area contributed by atoms with Crippen LogP contribution in [0.4, 0.5) is 13.2 Å². The third-order valence-electron chi connectivity index (χ3n) is 3.34. The summed E-state index contributed by atoms with van der Waals surface area (Å²) in [6.45, 7) is -1.11. The Kier molecular flexibility index (Phi) is 2.88. The smallest absolute Gasteiger partial charge is 0.294 e. The fourth-order valence-electron chi connectivity index (χ4n) is 2.40. The van der Waals surface area contributed by atoms with Crippen molar-refractivity contribution in [3.05, 3.63) is 41.7 Å². The number of hydrogen-bond acceptors (Lipinski definition) is 2. The van der Waals surface area contributed by atoms with E-state index in [1.54, 1.807) is 6.07 Å². The normalized spacial score (nSPS) is 14.7. The van der Waals surface area contributed by atoms with Crippen LogP contribution in [0.3, 0.4) is 0 Å². The predicted octanol–water partition coefficient (Wildman–Crippen LogP) is 3.24. The Bertz CT molecular complexity index is 673. The molecule has 0 amide bonds. The van der Waals surface area contributed by atoms with Crippen molar-refractivity contribution < 1.29 is 18.0 Å². The van der Waals surface area contributed by atoms with Crippen molar-refractivity contribution in [3.8, 4) is 11.1 Å². The van der Waals surface area contributed by atoms with Crippen LogP contribution in [-0.4, -0.2) is 21.7 Å². The predicted molar refractivity (Wildman–Crippen MR) is 66.4 cm³/mol. The molecule has 0 radical (unpaired) electrons. The quantitative estimate of drug-likeness (QED) is 0.846. The van der Waals surface area contributed by atoms with Crippen molar-refractivity contribution in [2.45, 2.75) is 25.6 Å². The maximum Gasteiger partial charge on any atom is 0.408 e. The first-order chi connectivity index (χ1) is 9.42. The van der Waals surface area contributed by atoms with Gasteiger partial charge in [0, 0.05) is 23.7 Å². The Morgan fingerprint density at radius 2 is 2.00 bits per heavy atom. The lowest BCUT2D eigenvalue weighted by Gasteiger charge is -2.05.